The molecule has 2 aromatic rings. The molecule has 25 heavy (non-hydrogen) atoms. The summed E-state index contributed by atoms with van der Waals surface area (Å²) in [4.78, 5) is 14.8. The first kappa shape index (κ1) is 17.5. The lowest BCUT2D eigenvalue weighted by Gasteiger charge is -2.14. The fourth-order valence-electron chi connectivity index (χ4n) is 3.27. The molecule has 3 rings (SSSR count). The summed E-state index contributed by atoms with van der Waals surface area (Å²) in [6, 6.07) is 14.0. The van der Waals surface area contributed by atoms with Crippen LogP contribution in [0.2, 0.25) is 0 Å². The van der Waals surface area contributed by atoms with Crippen molar-refractivity contribution in [3.05, 3.63) is 64.7 Å². The number of amides is 1. The normalized spacial score (nSPS) is 14.5. The first-order valence-corrected chi connectivity index (χ1v) is 8.89. The number of aryl methyl sites for hydroxylation is 1. The third-order valence-corrected chi connectivity index (χ3v) is 4.74. The fourth-order valence-corrected chi connectivity index (χ4v) is 3.27. The molecule has 0 radical (unpaired) electrons. The van der Waals surface area contributed by atoms with Crippen molar-refractivity contribution in [2.45, 2.75) is 32.9 Å². The van der Waals surface area contributed by atoms with Crippen molar-refractivity contribution < 1.29 is 9.53 Å². The topological polar surface area (TPSA) is 41.6 Å². The number of rotatable bonds is 6. The number of methoxy groups -OCH3 is 1. The second-order valence-corrected chi connectivity index (χ2v) is 6.67. The summed E-state index contributed by atoms with van der Waals surface area (Å²) in [6.45, 7) is 5.92. The van der Waals surface area contributed by atoms with Gasteiger partial charge in [0.15, 0.2) is 0 Å². The predicted molar refractivity (Wildman–Crippen MR) is 99.9 cm³/mol. The molecule has 0 aromatic heterocycles. The minimum absolute atomic E-state index is 0.0631. The second kappa shape index (κ2) is 8.17. The zero-order valence-electron chi connectivity index (χ0n) is 15.0. The van der Waals surface area contributed by atoms with Gasteiger partial charge in [0.25, 0.3) is 5.91 Å². The van der Waals surface area contributed by atoms with Crippen molar-refractivity contribution >= 4 is 5.91 Å². The number of ether oxygens (including phenoxy) is 1. The van der Waals surface area contributed by atoms with Crippen LogP contribution in [0.5, 0.6) is 5.75 Å². The van der Waals surface area contributed by atoms with Crippen molar-refractivity contribution in [2.75, 3.05) is 20.2 Å². The highest BCUT2D eigenvalue weighted by atomic mass is 16.5. The van der Waals surface area contributed by atoms with Gasteiger partial charge in [0.1, 0.15) is 5.75 Å². The van der Waals surface area contributed by atoms with Crippen LogP contribution in [0, 0.1) is 6.92 Å². The van der Waals surface area contributed by atoms with E-state index >= 15 is 0 Å². The van der Waals surface area contributed by atoms with Crippen LogP contribution in [0.3, 0.4) is 0 Å². The van der Waals surface area contributed by atoms with E-state index in [-0.39, 0.29) is 5.91 Å². The van der Waals surface area contributed by atoms with E-state index in [2.05, 4.69) is 34.5 Å². The summed E-state index contributed by atoms with van der Waals surface area (Å²) in [7, 11) is 1.63. The first-order chi connectivity index (χ1) is 12.2. The predicted octanol–water partition coefficient (Wildman–Crippen LogP) is 3.53. The number of carbonyl (C=O) groups excluding carboxylic acids is 1. The third kappa shape index (κ3) is 4.60. The fraction of sp³-hybridized carbons (Fsp3) is 0.381. The van der Waals surface area contributed by atoms with Gasteiger partial charge in [0, 0.05) is 18.7 Å². The Morgan fingerprint density at radius 2 is 1.76 bits per heavy atom. The molecule has 1 heterocycles. The van der Waals surface area contributed by atoms with Crippen LogP contribution in [-0.2, 0) is 13.1 Å². The highest BCUT2D eigenvalue weighted by molar-refractivity contribution is 5.94. The third-order valence-electron chi connectivity index (χ3n) is 4.74. The van der Waals surface area contributed by atoms with E-state index in [0.29, 0.717) is 12.1 Å². The van der Waals surface area contributed by atoms with E-state index in [4.69, 9.17) is 4.74 Å². The monoisotopic (exact) mass is 338 g/mol. The Bertz CT molecular complexity index is 719. The summed E-state index contributed by atoms with van der Waals surface area (Å²) in [5.74, 6) is 0.733. The van der Waals surface area contributed by atoms with Gasteiger partial charge in [-0.15, -0.1) is 0 Å². The summed E-state index contributed by atoms with van der Waals surface area (Å²) in [5, 5.41) is 2.98. The van der Waals surface area contributed by atoms with Gasteiger partial charge in [-0.25, -0.2) is 0 Å². The van der Waals surface area contributed by atoms with E-state index in [9.17, 15) is 4.79 Å². The average Bonchev–Trinajstić information content (AvgIpc) is 3.14. The second-order valence-electron chi connectivity index (χ2n) is 6.67. The van der Waals surface area contributed by atoms with Crippen molar-refractivity contribution in [3.8, 4) is 5.75 Å². The lowest BCUT2D eigenvalue weighted by Crippen LogP contribution is -2.23. The van der Waals surface area contributed by atoms with Gasteiger partial charge in [-0.3, -0.25) is 9.69 Å². The summed E-state index contributed by atoms with van der Waals surface area (Å²) >= 11 is 0. The van der Waals surface area contributed by atoms with Crippen LogP contribution in [0.15, 0.2) is 42.5 Å². The molecular formula is C21H26N2O2. The quantitative estimate of drug-likeness (QED) is 0.876. The Labute approximate surface area is 149 Å². The molecule has 1 aliphatic rings. The number of carbonyl (C=O) groups is 1. The van der Waals surface area contributed by atoms with Crippen molar-refractivity contribution in [1.82, 2.24) is 10.2 Å². The molecule has 1 fully saturated rings. The van der Waals surface area contributed by atoms with Crippen LogP contribution in [0.4, 0.5) is 0 Å². The molecule has 132 valence electrons. The van der Waals surface area contributed by atoms with E-state index in [1.807, 2.05) is 19.1 Å². The van der Waals surface area contributed by atoms with Crippen LogP contribution in [0.25, 0.3) is 0 Å². The van der Waals surface area contributed by atoms with Crippen LogP contribution in [0.1, 0.15) is 39.9 Å². The van der Waals surface area contributed by atoms with Gasteiger partial charge in [0.05, 0.1) is 7.11 Å². The number of benzene rings is 2. The maximum Gasteiger partial charge on any atom is 0.251 e. The standard InChI is InChI=1S/C21H26N2O2/c1-16-13-19(9-10-20(16)25-2)21(24)22-14-17-5-7-18(8-6-17)15-23-11-3-4-12-23/h5-10,13H,3-4,11-12,14-15H2,1-2H3,(H,22,24). The number of hydrogen-bond donors (Lipinski definition) is 1. The maximum atomic E-state index is 12.3. The zero-order valence-corrected chi connectivity index (χ0v) is 15.0. The Morgan fingerprint density at radius 1 is 1.08 bits per heavy atom. The van der Waals surface area contributed by atoms with Gasteiger partial charge in [-0.1, -0.05) is 24.3 Å². The molecule has 0 aliphatic carbocycles. The van der Waals surface area contributed by atoms with Crippen molar-refractivity contribution in [3.63, 3.8) is 0 Å². The molecule has 0 saturated carbocycles. The van der Waals surface area contributed by atoms with E-state index < -0.39 is 0 Å². The van der Waals surface area contributed by atoms with Crippen LogP contribution in [-0.4, -0.2) is 31.0 Å². The molecule has 4 nitrogen and oxygen atoms in total. The van der Waals surface area contributed by atoms with Gasteiger partial charge in [-0.2, -0.15) is 0 Å². The van der Waals surface area contributed by atoms with Crippen molar-refractivity contribution in [1.29, 1.82) is 0 Å². The molecule has 1 N–H and O–H groups in total. The Hall–Kier alpha value is -2.33. The average molecular weight is 338 g/mol. The van der Waals surface area contributed by atoms with E-state index in [1.54, 1.807) is 13.2 Å². The molecular weight excluding hydrogens is 312 g/mol. The molecule has 0 unspecified atom stereocenters. The summed E-state index contributed by atoms with van der Waals surface area (Å²) < 4.78 is 5.23. The first-order valence-electron chi connectivity index (χ1n) is 8.89. The Kier molecular flexibility index (Phi) is 5.71. The minimum atomic E-state index is -0.0631. The van der Waals surface area contributed by atoms with Gasteiger partial charge in [0.2, 0.25) is 0 Å². The lowest BCUT2D eigenvalue weighted by molar-refractivity contribution is 0.0951. The number of likely N-dealkylation sites (tertiary alicyclic amines) is 1. The number of hydrogen-bond acceptors (Lipinski definition) is 3. The number of nitrogens with zero attached hydrogens (tertiary/aromatic N) is 1. The van der Waals surface area contributed by atoms with Crippen molar-refractivity contribution in [2.24, 2.45) is 0 Å². The minimum Gasteiger partial charge on any atom is -0.496 e. The summed E-state index contributed by atoms with van der Waals surface area (Å²) in [6.07, 6.45) is 2.63. The van der Waals surface area contributed by atoms with E-state index in [0.717, 1.165) is 23.4 Å². The molecule has 0 atom stereocenters. The largest absolute Gasteiger partial charge is 0.496 e. The van der Waals surface area contributed by atoms with Crippen LogP contribution >= 0.6 is 0 Å². The molecule has 0 spiro atoms. The molecule has 0 bridgehead atoms. The van der Waals surface area contributed by atoms with Crippen LogP contribution < -0.4 is 10.1 Å². The van der Waals surface area contributed by atoms with Gasteiger partial charge in [-0.05, 0) is 67.7 Å². The van der Waals surface area contributed by atoms with E-state index in [1.165, 1.54) is 31.5 Å². The smallest absolute Gasteiger partial charge is 0.251 e. The summed E-state index contributed by atoms with van der Waals surface area (Å²) in [5.41, 5.74) is 4.07. The maximum absolute atomic E-state index is 12.3. The molecule has 2 aromatic carbocycles. The van der Waals surface area contributed by atoms with Gasteiger partial charge < -0.3 is 10.1 Å². The number of nitrogens with one attached hydrogen (secondary N) is 1. The highest BCUT2D eigenvalue weighted by Gasteiger charge is 2.12. The molecule has 4 heteroatoms. The molecule has 1 amide bonds. The Morgan fingerprint density at radius 3 is 2.40 bits per heavy atom. The SMILES string of the molecule is COc1ccc(C(=O)NCc2ccc(CN3CCCC3)cc2)cc1C. The Balaban J connectivity index is 1.53. The zero-order chi connectivity index (χ0) is 17.6. The highest BCUT2D eigenvalue weighted by Crippen LogP contribution is 2.18. The van der Waals surface area contributed by atoms with Gasteiger partial charge >= 0.3 is 0 Å². The molecule has 1 saturated heterocycles. The molecule has 1 aliphatic heterocycles. The lowest BCUT2D eigenvalue weighted by atomic mass is 10.1.